The van der Waals surface area contributed by atoms with E-state index in [-0.39, 0.29) is 0 Å². The number of benzene rings is 1. The normalized spacial score (nSPS) is 12.2. The maximum absolute atomic E-state index is 5.44. The van der Waals surface area contributed by atoms with Gasteiger partial charge >= 0.3 is 0 Å². The van der Waals surface area contributed by atoms with Crippen molar-refractivity contribution in [2.24, 2.45) is 5.92 Å². The Bertz CT molecular complexity index is 383. The van der Waals surface area contributed by atoms with Crippen LogP contribution >= 0.6 is 0 Å². The van der Waals surface area contributed by atoms with Gasteiger partial charge in [0.25, 0.3) is 0 Å². The molecule has 0 aliphatic carbocycles. The molecule has 0 heterocycles. The van der Waals surface area contributed by atoms with Gasteiger partial charge in [-0.15, -0.1) is 0 Å². The highest BCUT2D eigenvalue weighted by Crippen LogP contribution is 2.26. The summed E-state index contributed by atoms with van der Waals surface area (Å²) < 4.78 is 10.5. The molecule has 0 aliphatic rings. The largest absolute Gasteiger partial charge is 0.495 e. The lowest BCUT2D eigenvalue weighted by Gasteiger charge is -2.15. The molecule has 0 fully saturated rings. The highest BCUT2D eigenvalue weighted by atomic mass is 16.5. The Kier molecular flexibility index (Phi) is 8.07. The maximum atomic E-state index is 5.44. The van der Waals surface area contributed by atoms with E-state index < -0.39 is 0 Å². The van der Waals surface area contributed by atoms with E-state index in [0.29, 0.717) is 5.92 Å². The minimum Gasteiger partial charge on any atom is -0.495 e. The summed E-state index contributed by atoms with van der Waals surface area (Å²) >= 11 is 0. The van der Waals surface area contributed by atoms with Gasteiger partial charge in [-0.25, -0.2) is 0 Å². The molecule has 0 saturated carbocycles. The third-order valence-electron chi connectivity index (χ3n) is 3.19. The first-order valence-electron chi connectivity index (χ1n) is 7.31. The molecular formula is C16H28N2O2. The predicted molar refractivity (Wildman–Crippen MR) is 84.8 cm³/mol. The quantitative estimate of drug-likeness (QED) is 0.646. The zero-order valence-electron chi connectivity index (χ0n) is 13.2. The van der Waals surface area contributed by atoms with E-state index in [1.165, 1.54) is 5.56 Å². The van der Waals surface area contributed by atoms with Crippen LogP contribution in [-0.4, -0.2) is 40.5 Å². The maximum Gasteiger partial charge on any atom is 0.142 e. The average Bonchev–Trinajstić information content (AvgIpc) is 2.45. The van der Waals surface area contributed by atoms with Gasteiger partial charge in [-0.2, -0.15) is 0 Å². The third-order valence-corrected chi connectivity index (χ3v) is 3.19. The zero-order chi connectivity index (χ0) is 14.8. The summed E-state index contributed by atoms with van der Waals surface area (Å²) in [7, 11) is 3.44. The number of anilines is 1. The summed E-state index contributed by atoms with van der Waals surface area (Å²) in [6, 6.07) is 6.40. The molecule has 20 heavy (non-hydrogen) atoms. The smallest absolute Gasteiger partial charge is 0.142 e. The van der Waals surface area contributed by atoms with Crippen LogP contribution < -0.4 is 15.4 Å². The van der Waals surface area contributed by atoms with Gasteiger partial charge in [0.1, 0.15) is 5.75 Å². The summed E-state index contributed by atoms with van der Waals surface area (Å²) in [6.45, 7) is 7.91. The molecule has 4 heteroatoms. The Morgan fingerprint density at radius 2 is 2.05 bits per heavy atom. The lowest BCUT2D eigenvalue weighted by atomic mass is 10.0. The molecule has 0 bridgehead atoms. The number of hydrogen-bond donors (Lipinski definition) is 2. The van der Waals surface area contributed by atoms with Gasteiger partial charge in [-0.1, -0.05) is 13.0 Å². The van der Waals surface area contributed by atoms with Crippen molar-refractivity contribution in [3.05, 3.63) is 23.8 Å². The first-order valence-corrected chi connectivity index (χ1v) is 7.31. The fourth-order valence-corrected chi connectivity index (χ4v) is 2.20. The van der Waals surface area contributed by atoms with Crippen LogP contribution in [0.3, 0.4) is 0 Å². The van der Waals surface area contributed by atoms with E-state index in [1.807, 2.05) is 0 Å². The van der Waals surface area contributed by atoms with E-state index in [9.17, 15) is 0 Å². The second kappa shape index (κ2) is 9.61. The average molecular weight is 280 g/mol. The van der Waals surface area contributed by atoms with Gasteiger partial charge in [0.15, 0.2) is 0 Å². The van der Waals surface area contributed by atoms with Crippen molar-refractivity contribution in [3.63, 3.8) is 0 Å². The molecule has 0 radical (unpaired) electrons. The standard InChI is InChI=1S/C16H28N2O2/c1-5-18-15-7-6-14(11-16(15)20-4)10-13(2)12-17-8-9-19-3/h6-7,11,13,17-18H,5,8-10,12H2,1-4H3/t13-/m1/s1. The van der Waals surface area contributed by atoms with E-state index in [0.717, 1.165) is 44.1 Å². The second-order valence-corrected chi connectivity index (χ2v) is 5.07. The lowest BCUT2D eigenvalue weighted by Crippen LogP contribution is -2.25. The van der Waals surface area contributed by atoms with Crippen molar-refractivity contribution in [1.82, 2.24) is 5.32 Å². The molecule has 0 unspecified atom stereocenters. The number of methoxy groups -OCH3 is 2. The summed E-state index contributed by atoms with van der Waals surface area (Å²) in [4.78, 5) is 0. The fraction of sp³-hybridized carbons (Fsp3) is 0.625. The first kappa shape index (κ1) is 16.8. The molecule has 1 atom stereocenters. The minimum absolute atomic E-state index is 0.585. The molecule has 1 aromatic carbocycles. The number of hydrogen-bond acceptors (Lipinski definition) is 4. The van der Waals surface area contributed by atoms with Crippen LogP contribution in [0.15, 0.2) is 18.2 Å². The highest BCUT2D eigenvalue weighted by molar-refractivity contribution is 5.57. The Labute approximate surface area is 122 Å². The Hall–Kier alpha value is -1.26. The van der Waals surface area contributed by atoms with E-state index in [1.54, 1.807) is 14.2 Å². The Morgan fingerprint density at radius 1 is 1.25 bits per heavy atom. The van der Waals surface area contributed by atoms with Gasteiger partial charge in [-0.05, 0) is 43.5 Å². The van der Waals surface area contributed by atoms with Crippen LogP contribution in [0.5, 0.6) is 5.75 Å². The summed E-state index contributed by atoms with van der Waals surface area (Å²) in [5.74, 6) is 1.51. The van der Waals surface area contributed by atoms with E-state index >= 15 is 0 Å². The molecular weight excluding hydrogens is 252 g/mol. The summed E-state index contributed by atoms with van der Waals surface area (Å²) in [5, 5.41) is 6.70. The van der Waals surface area contributed by atoms with Gasteiger partial charge in [0.2, 0.25) is 0 Å². The zero-order valence-corrected chi connectivity index (χ0v) is 13.2. The second-order valence-electron chi connectivity index (χ2n) is 5.07. The summed E-state index contributed by atoms with van der Waals surface area (Å²) in [6.07, 6.45) is 1.04. The molecule has 1 aromatic rings. The fourth-order valence-electron chi connectivity index (χ4n) is 2.20. The lowest BCUT2D eigenvalue weighted by molar-refractivity contribution is 0.198. The summed E-state index contributed by atoms with van der Waals surface area (Å²) in [5.41, 5.74) is 2.37. The minimum atomic E-state index is 0.585. The van der Waals surface area contributed by atoms with Gasteiger partial charge in [0.05, 0.1) is 19.4 Å². The molecule has 2 N–H and O–H groups in total. The molecule has 0 amide bonds. The third kappa shape index (κ3) is 5.80. The van der Waals surface area contributed by atoms with Gasteiger partial charge in [-0.3, -0.25) is 0 Å². The Balaban J connectivity index is 2.50. The SMILES string of the molecule is CCNc1ccc(C[C@@H](C)CNCCOC)cc1OC. The van der Waals surface area contributed by atoms with Crippen molar-refractivity contribution in [1.29, 1.82) is 0 Å². The Morgan fingerprint density at radius 3 is 2.70 bits per heavy atom. The van der Waals surface area contributed by atoms with Crippen molar-refractivity contribution in [2.75, 3.05) is 45.8 Å². The topological polar surface area (TPSA) is 42.5 Å². The molecule has 0 spiro atoms. The van der Waals surface area contributed by atoms with Crippen molar-refractivity contribution >= 4 is 5.69 Å². The molecule has 0 aromatic heterocycles. The predicted octanol–water partition coefficient (Wildman–Crippen LogP) is 2.54. The van der Waals surface area contributed by atoms with Crippen LogP contribution in [0.25, 0.3) is 0 Å². The van der Waals surface area contributed by atoms with Crippen molar-refractivity contribution < 1.29 is 9.47 Å². The molecule has 1 rings (SSSR count). The number of nitrogens with one attached hydrogen (secondary N) is 2. The van der Waals surface area contributed by atoms with Crippen molar-refractivity contribution in [3.8, 4) is 5.75 Å². The van der Waals surface area contributed by atoms with Gasteiger partial charge in [0, 0.05) is 20.2 Å². The van der Waals surface area contributed by atoms with Crippen LogP contribution in [0, 0.1) is 5.92 Å². The number of ether oxygens (including phenoxy) is 2. The monoisotopic (exact) mass is 280 g/mol. The molecule has 0 saturated heterocycles. The van der Waals surface area contributed by atoms with Crippen LogP contribution in [0.4, 0.5) is 5.69 Å². The van der Waals surface area contributed by atoms with E-state index in [4.69, 9.17) is 9.47 Å². The van der Waals surface area contributed by atoms with Gasteiger partial charge < -0.3 is 20.1 Å². The first-order chi connectivity index (χ1) is 9.71. The molecule has 0 aliphatic heterocycles. The molecule has 4 nitrogen and oxygen atoms in total. The molecule has 114 valence electrons. The van der Waals surface area contributed by atoms with Crippen molar-refractivity contribution in [2.45, 2.75) is 20.3 Å². The van der Waals surface area contributed by atoms with Crippen LogP contribution in [0.2, 0.25) is 0 Å². The van der Waals surface area contributed by atoms with Crippen LogP contribution in [-0.2, 0) is 11.2 Å². The number of rotatable bonds is 10. The van der Waals surface area contributed by atoms with E-state index in [2.05, 4.69) is 42.7 Å². The highest BCUT2D eigenvalue weighted by Gasteiger charge is 2.07. The van der Waals surface area contributed by atoms with Crippen LogP contribution in [0.1, 0.15) is 19.4 Å².